The minimum atomic E-state index is 0.230. The molecule has 0 amide bonds. The molecule has 2 atom stereocenters. The van der Waals surface area contributed by atoms with E-state index in [9.17, 15) is 0 Å². The molecule has 0 fully saturated rings. The topological polar surface area (TPSA) is 8.17 Å². The van der Waals surface area contributed by atoms with Crippen molar-refractivity contribution in [1.82, 2.24) is 4.57 Å². The Kier molecular flexibility index (Phi) is 7.26. The van der Waals surface area contributed by atoms with Crippen LogP contribution in [0.2, 0.25) is 0 Å². The molecule has 12 rings (SSSR count). The van der Waals surface area contributed by atoms with Gasteiger partial charge in [-0.25, -0.2) is 0 Å². The summed E-state index contributed by atoms with van der Waals surface area (Å²) in [5, 5.41) is 5.22. The van der Waals surface area contributed by atoms with E-state index < -0.39 is 0 Å². The summed E-state index contributed by atoms with van der Waals surface area (Å²) in [6.45, 7) is 0. The molecule has 2 aliphatic rings. The third-order valence-electron chi connectivity index (χ3n) is 12.1. The van der Waals surface area contributed by atoms with E-state index >= 15 is 0 Å². The van der Waals surface area contributed by atoms with E-state index in [1.165, 1.54) is 98.0 Å². The number of nitrogens with zero attached hydrogens (tertiary/aromatic N) is 2. The summed E-state index contributed by atoms with van der Waals surface area (Å²) in [5.74, 6) is 0.284. The third-order valence-corrected chi connectivity index (χ3v) is 13.4. The van der Waals surface area contributed by atoms with E-state index in [0.29, 0.717) is 0 Å². The Hall–Kier alpha value is -6.94. The van der Waals surface area contributed by atoms with E-state index in [4.69, 9.17) is 0 Å². The van der Waals surface area contributed by atoms with Crippen LogP contribution in [0.3, 0.4) is 0 Å². The highest BCUT2D eigenvalue weighted by Crippen LogP contribution is 2.49. The van der Waals surface area contributed by atoms with E-state index in [1.807, 2.05) is 11.3 Å². The number of hydrogen-bond acceptors (Lipinski definition) is 2. The molecule has 10 aromatic rings. The summed E-state index contributed by atoms with van der Waals surface area (Å²) in [6.07, 6.45) is 9.14. The predicted molar refractivity (Wildman–Crippen MR) is 243 cm³/mol. The lowest BCUT2D eigenvalue weighted by atomic mass is 9.89. The van der Waals surface area contributed by atoms with Gasteiger partial charge < -0.3 is 9.47 Å². The maximum atomic E-state index is 2.53. The van der Waals surface area contributed by atoms with Crippen molar-refractivity contribution in [2.24, 2.45) is 0 Å². The number of rotatable bonds is 5. The molecule has 1 aliphatic heterocycles. The molecule has 3 heterocycles. The maximum absolute atomic E-state index is 2.53. The van der Waals surface area contributed by atoms with Gasteiger partial charge in [-0.1, -0.05) is 146 Å². The van der Waals surface area contributed by atoms with Crippen molar-refractivity contribution >= 4 is 64.7 Å². The van der Waals surface area contributed by atoms with E-state index in [1.54, 1.807) is 0 Å². The lowest BCUT2D eigenvalue weighted by Crippen LogP contribution is -2.28. The van der Waals surface area contributed by atoms with Crippen molar-refractivity contribution in [2.45, 2.75) is 12.0 Å². The number of hydrogen-bond donors (Lipinski definition) is 0. The lowest BCUT2D eigenvalue weighted by molar-refractivity contribution is 0.745. The van der Waals surface area contributed by atoms with Gasteiger partial charge >= 0.3 is 0 Å². The number of anilines is 2. The smallest absolute Gasteiger partial charge is 0.0629 e. The van der Waals surface area contributed by atoms with Gasteiger partial charge in [-0.05, 0) is 99.6 Å². The number of fused-ring (bicyclic) bond motifs is 9. The summed E-state index contributed by atoms with van der Waals surface area (Å²) in [7, 11) is 0. The molecule has 8 aromatic carbocycles. The van der Waals surface area contributed by atoms with E-state index in [0.717, 1.165) is 0 Å². The number of allylic oxidation sites excluding steroid dienone is 2. The van der Waals surface area contributed by atoms with Gasteiger partial charge in [-0.2, -0.15) is 0 Å². The summed E-state index contributed by atoms with van der Waals surface area (Å²) in [6, 6.07) is 67.4. The molecular formula is C54H36N2S. The predicted octanol–water partition coefficient (Wildman–Crippen LogP) is 14.9. The van der Waals surface area contributed by atoms with Crippen molar-refractivity contribution in [3.8, 4) is 39.1 Å². The minimum Gasteiger partial charge on any atom is -0.333 e. The molecule has 0 bridgehead atoms. The quantitative estimate of drug-likeness (QED) is 0.170. The summed E-state index contributed by atoms with van der Waals surface area (Å²) >= 11 is 1.89. The van der Waals surface area contributed by atoms with E-state index in [-0.39, 0.29) is 12.0 Å². The van der Waals surface area contributed by atoms with Gasteiger partial charge in [0.25, 0.3) is 0 Å². The first-order valence-corrected chi connectivity index (χ1v) is 20.6. The van der Waals surface area contributed by atoms with Crippen LogP contribution in [0.25, 0.3) is 81.0 Å². The van der Waals surface area contributed by atoms with Crippen molar-refractivity contribution in [3.05, 3.63) is 212 Å². The molecule has 0 saturated carbocycles. The molecule has 57 heavy (non-hydrogen) atoms. The van der Waals surface area contributed by atoms with Crippen LogP contribution >= 0.6 is 11.3 Å². The fourth-order valence-electron chi connectivity index (χ4n) is 9.46. The second-order valence-electron chi connectivity index (χ2n) is 15.3. The van der Waals surface area contributed by atoms with Crippen LogP contribution in [0.5, 0.6) is 0 Å². The Morgan fingerprint density at radius 3 is 1.93 bits per heavy atom. The Balaban J connectivity index is 0.870. The number of aromatic nitrogens is 1. The van der Waals surface area contributed by atoms with Crippen molar-refractivity contribution in [3.63, 3.8) is 0 Å². The fourth-order valence-corrected chi connectivity index (χ4v) is 10.7. The number of benzene rings is 8. The zero-order chi connectivity index (χ0) is 37.5. The first kappa shape index (κ1) is 32.3. The van der Waals surface area contributed by atoms with Crippen LogP contribution in [0.1, 0.15) is 11.5 Å². The summed E-state index contributed by atoms with van der Waals surface area (Å²) < 4.78 is 5.07. The SMILES string of the molecule is C1=CC2c3cc(-c4ccc5c(c4)c4ccccc4n5-c4ccccc4)ccc3N(c3ccc(-c4ccc(-c5cccc6c5sc5ccccc56)cc4)cc3)C2C=C1. The summed E-state index contributed by atoms with van der Waals surface area (Å²) in [4.78, 5) is 2.53. The molecule has 0 spiro atoms. The van der Waals surface area contributed by atoms with Gasteiger partial charge in [0.2, 0.25) is 0 Å². The molecule has 2 unspecified atom stereocenters. The molecule has 2 nitrogen and oxygen atoms in total. The molecule has 268 valence electrons. The average molecular weight is 745 g/mol. The number of para-hydroxylation sites is 2. The van der Waals surface area contributed by atoms with Crippen LogP contribution < -0.4 is 4.90 Å². The van der Waals surface area contributed by atoms with Crippen molar-refractivity contribution in [1.29, 1.82) is 0 Å². The first-order valence-electron chi connectivity index (χ1n) is 19.8. The molecular weight excluding hydrogens is 709 g/mol. The normalized spacial score (nSPS) is 15.9. The Morgan fingerprint density at radius 1 is 0.421 bits per heavy atom. The molecule has 0 radical (unpaired) electrons. The summed E-state index contributed by atoms with van der Waals surface area (Å²) in [5.41, 5.74) is 15.0. The standard InChI is InChI=1S/C54H36N2S/c1-2-11-40(12-3-1)55-49-18-7-4-13-43(49)47-33-38(27-31-51(47)55)39-28-32-52-48(34-39)44-14-5-8-19-50(44)56(52)41-29-25-36(26-30-41)35-21-23-37(24-22-35)42-16-10-17-46-45-15-6-9-20-53(45)57-54(42)46/h1-34,44,50H. The van der Waals surface area contributed by atoms with E-state index in [2.05, 4.69) is 216 Å². The highest BCUT2D eigenvalue weighted by Gasteiger charge is 2.37. The molecule has 2 aromatic heterocycles. The van der Waals surface area contributed by atoms with Gasteiger partial charge in [0.05, 0.1) is 17.1 Å². The first-order chi connectivity index (χ1) is 28.3. The molecule has 0 N–H and O–H groups in total. The van der Waals surface area contributed by atoms with Crippen LogP contribution in [0.4, 0.5) is 11.4 Å². The van der Waals surface area contributed by atoms with Crippen molar-refractivity contribution < 1.29 is 0 Å². The van der Waals surface area contributed by atoms with Gasteiger partial charge in [0.1, 0.15) is 0 Å². The maximum Gasteiger partial charge on any atom is 0.0629 e. The highest BCUT2D eigenvalue weighted by molar-refractivity contribution is 7.26. The van der Waals surface area contributed by atoms with Gasteiger partial charge in [0.15, 0.2) is 0 Å². The number of thiophene rings is 1. The zero-order valence-electron chi connectivity index (χ0n) is 31.1. The Labute approximate surface area is 335 Å². The van der Waals surface area contributed by atoms with Gasteiger partial charge in [-0.15, -0.1) is 11.3 Å². The average Bonchev–Trinajstić information content (AvgIpc) is 3.94. The Morgan fingerprint density at radius 2 is 1.07 bits per heavy atom. The van der Waals surface area contributed by atoms with Gasteiger partial charge in [0, 0.05) is 53.9 Å². The molecule has 1 aliphatic carbocycles. The zero-order valence-corrected chi connectivity index (χ0v) is 31.9. The van der Waals surface area contributed by atoms with Crippen LogP contribution in [-0.4, -0.2) is 10.6 Å². The largest absolute Gasteiger partial charge is 0.333 e. The lowest BCUT2D eigenvalue weighted by Gasteiger charge is -2.28. The van der Waals surface area contributed by atoms with Crippen LogP contribution in [0.15, 0.2) is 206 Å². The second kappa shape index (κ2) is 12.8. The molecule has 0 saturated heterocycles. The van der Waals surface area contributed by atoms with Gasteiger partial charge in [-0.3, -0.25) is 0 Å². The second-order valence-corrected chi connectivity index (χ2v) is 16.3. The van der Waals surface area contributed by atoms with Crippen LogP contribution in [0, 0.1) is 0 Å². The molecule has 3 heteroatoms. The Bertz CT molecular complexity index is 3240. The highest BCUT2D eigenvalue weighted by atomic mass is 32.1. The monoisotopic (exact) mass is 744 g/mol. The van der Waals surface area contributed by atoms with Crippen molar-refractivity contribution in [2.75, 3.05) is 4.90 Å². The fraction of sp³-hybridized carbons (Fsp3) is 0.0370. The minimum absolute atomic E-state index is 0.230. The third kappa shape index (κ3) is 5.09. The van der Waals surface area contributed by atoms with Crippen LogP contribution in [-0.2, 0) is 0 Å².